The molecule has 2 amide bonds. The Morgan fingerprint density at radius 1 is 0.692 bits per heavy atom. The van der Waals surface area contributed by atoms with Crippen molar-refractivity contribution in [2.24, 2.45) is 0 Å². The van der Waals surface area contributed by atoms with Crippen LogP contribution in [-0.4, -0.2) is 47.3 Å². The molecule has 0 heterocycles. The van der Waals surface area contributed by atoms with E-state index in [-0.39, 0.29) is 0 Å². The Bertz CT molecular complexity index is 630. The minimum Gasteiger partial charge on any atom is -0.380 e. The highest BCUT2D eigenvalue weighted by atomic mass is 16.3. The molecular formula is C20H24N2O4. The molecule has 26 heavy (non-hydrogen) atoms. The van der Waals surface area contributed by atoms with Gasteiger partial charge < -0.3 is 20.8 Å². The first-order chi connectivity index (χ1) is 12.6. The molecule has 0 aliphatic rings. The van der Waals surface area contributed by atoms with Crippen LogP contribution < -0.4 is 10.6 Å². The SMILES string of the molecule is O=C(NCCc1ccccc1)[C@@H](O)[C@H](O)C(=O)NCCc1ccccc1. The summed E-state index contributed by atoms with van der Waals surface area (Å²) in [5, 5.41) is 24.7. The van der Waals surface area contributed by atoms with E-state index in [1.54, 1.807) is 0 Å². The van der Waals surface area contributed by atoms with Gasteiger partial charge in [0.25, 0.3) is 11.8 Å². The van der Waals surface area contributed by atoms with Gasteiger partial charge in [0.15, 0.2) is 12.2 Å². The molecule has 2 atom stereocenters. The molecule has 0 fully saturated rings. The van der Waals surface area contributed by atoms with Crippen molar-refractivity contribution in [1.29, 1.82) is 0 Å². The summed E-state index contributed by atoms with van der Waals surface area (Å²) in [6.07, 6.45) is -2.41. The molecule has 2 aromatic rings. The summed E-state index contributed by atoms with van der Waals surface area (Å²) in [5.74, 6) is -1.54. The van der Waals surface area contributed by atoms with Crippen LogP contribution in [0.15, 0.2) is 60.7 Å². The summed E-state index contributed by atoms with van der Waals surface area (Å²) in [7, 11) is 0. The van der Waals surface area contributed by atoms with Crippen LogP contribution in [-0.2, 0) is 22.4 Å². The molecule has 138 valence electrons. The van der Waals surface area contributed by atoms with Crippen LogP contribution in [0.4, 0.5) is 0 Å². The summed E-state index contributed by atoms with van der Waals surface area (Å²) in [6, 6.07) is 19.1. The third-order valence-corrected chi connectivity index (χ3v) is 3.95. The van der Waals surface area contributed by atoms with Crippen molar-refractivity contribution in [3.05, 3.63) is 71.8 Å². The topological polar surface area (TPSA) is 98.7 Å². The lowest BCUT2D eigenvalue weighted by Crippen LogP contribution is -2.50. The van der Waals surface area contributed by atoms with Gasteiger partial charge in [-0.2, -0.15) is 0 Å². The Morgan fingerprint density at radius 2 is 1.04 bits per heavy atom. The predicted octanol–water partition coefficient (Wildman–Crippen LogP) is 0.426. The van der Waals surface area contributed by atoms with Crippen LogP contribution in [0.5, 0.6) is 0 Å². The van der Waals surface area contributed by atoms with Crippen LogP contribution in [0.3, 0.4) is 0 Å². The normalized spacial score (nSPS) is 12.8. The van der Waals surface area contributed by atoms with Crippen molar-refractivity contribution in [1.82, 2.24) is 10.6 Å². The van der Waals surface area contributed by atoms with E-state index in [0.717, 1.165) is 11.1 Å². The van der Waals surface area contributed by atoms with Gasteiger partial charge in [0, 0.05) is 13.1 Å². The summed E-state index contributed by atoms with van der Waals surface area (Å²) in [6.45, 7) is 0.616. The van der Waals surface area contributed by atoms with E-state index >= 15 is 0 Å². The first-order valence-electron chi connectivity index (χ1n) is 8.57. The van der Waals surface area contributed by atoms with Crippen molar-refractivity contribution in [2.75, 3.05) is 13.1 Å². The van der Waals surface area contributed by atoms with Gasteiger partial charge in [0.2, 0.25) is 0 Å². The minimum absolute atomic E-state index is 0.308. The van der Waals surface area contributed by atoms with E-state index in [1.165, 1.54) is 0 Å². The van der Waals surface area contributed by atoms with E-state index in [1.807, 2.05) is 60.7 Å². The van der Waals surface area contributed by atoms with Crippen molar-refractivity contribution < 1.29 is 19.8 Å². The molecule has 0 spiro atoms. The van der Waals surface area contributed by atoms with Crippen molar-refractivity contribution in [3.8, 4) is 0 Å². The number of hydrogen-bond acceptors (Lipinski definition) is 4. The average Bonchev–Trinajstić information content (AvgIpc) is 2.68. The molecule has 0 aliphatic carbocycles. The molecule has 6 heteroatoms. The number of carbonyl (C=O) groups is 2. The fourth-order valence-corrected chi connectivity index (χ4v) is 2.45. The number of rotatable bonds is 9. The fourth-order valence-electron chi connectivity index (χ4n) is 2.45. The maximum Gasteiger partial charge on any atom is 0.252 e. The van der Waals surface area contributed by atoms with Gasteiger partial charge in [-0.05, 0) is 24.0 Å². The third-order valence-electron chi connectivity index (χ3n) is 3.95. The van der Waals surface area contributed by atoms with Gasteiger partial charge in [0.1, 0.15) is 0 Å². The number of carbonyl (C=O) groups excluding carboxylic acids is 2. The van der Waals surface area contributed by atoms with Crippen LogP contribution in [0.25, 0.3) is 0 Å². The molecule has 6 nitrogen and oxygen atoms in total. The monoisotopic (exact) mass is 356 g/mol. The molecule has 0 unspecified atom stereocenters. The second-order valence-corrected chi connectivity index (χ2v) is 5.94. The van der Waals surface area contributed by atoms with E-state index in [2.05, 4.69) is 10.6 Å². The van der Waals surface area contributed by atoms with E-state index < -0.39 is 24.0 Å². The highest BCUT2D eigenvalue weighted by Crippen LogP contribution is 2.01. The zero-order valence-corrected chi connectivity index (χ0v) is 14.5. The minimum atomic E-state index is -1.80. The van der Waals surface area contributed by atoms with Crippen LogP contribution >= 0.6 is 0 Å². The molecule has 4 N–H and O–H groups in total. The molecule has 0 radical (unpaired) electrons. The molecule has 0 aromatic heterocycles. The Labute approximate surface area is 152 Å². The molecule has 0 saturated carbocycles. The van der Waals surface area contributed by atoms with Gasteiger partial charge in [-0.3, -0.25) is 9.59 Å². The summed E-state index contributed by atoms with van der Waals surface area (Å²) in [4.78, 5) is 23.7. The smallest absolute Gasteiger partial charge is 0.252 e. The Balaban J connectivity index is 1.69. The molecular weight excluding hydrogens is 332 g/mol. The first-order valence-corrected chi connectivity index (χ1v) is 8.57. The van der Waals surface area contributed by atoms with Gasteiger partial charge in [0.05, 0.1) is 0 Å². The van der Waals surface area contributed by atoms with Crippen molar-refractivity contribution >= 4 is 11.8 Å². The summed E-state index contributed by atoms with van der Waals surface area (Å²) >= 11 is 0. The zero-order valence-electron chi connectivity index (χ0n) is 14.5. The van der Waals surface area contributed by atoms with E-state index in [0.29, 0.717) is 25.9 Å². The van der Waals surface area contributed by atoms with Gasteiger partial charge in [-0.15, -0.1) is 0 Å². The van der Waals surface area contributed by atoms with Crippen molar-refractivity contribution in [2.45, 2.75) is 25.0 Å². The fraction of sp³-hybridized carbons (Fsp3) is 0.300. The Hall–Kier alpha value is -2.70. The predicted molar refractivity (Wildman–Crippen MR) is 98.3 cm³/mol. The lowest BCUT2D eigenvalue weighted by Gasteiger charge is -2.17. The summed E-state index contributed by atoms with van der Waals surface area (Å²) < 4.78 is 0. The maximum atomic E-state index is 11.9. The molecule has 2 rings (SSSR count). The number of nitrogens with one attached hydrogen (secondary N) is 2. The first kappa shape index (κ1) is 19.6. The second kappa shape index (κ2) is 10.3. The quantitative estimate of drug-likeness (QED) is 0.524. The number of hydrogen-bond donors (Lipinski definition) is 4. The van der Waals surface area contributed by atoms with Crippen LogP contribution in [0, 0.1) is 0 Å². The Kier molecular flexibility index (Phi) is 7.79. The Morgan fingerprint density at radius 3 is 1.38 bits per heavy atom. The summed E-state index contributed by atoms with van der Waals surface area (Å²) in [5.41, 5.74) is 2.09. The largest absolute Gasteiger partial charge is 0.380 e. The van der Waals surface area contributed by atoms with Crippen LogP contribution in [0.1, 0.15) is 11.1 Å². The third kappa shape index (κ3) is 6.31. The van der Waals surface area contributed by atoms with Gasteiger partial charge >= 0.3 is 0 Å². The van der Waals surface area contributed by atoms with E-state index in [4.69, 9.17) is 0 Å². The van der Waals surface area contributed by atoms with Crippen molar-refractivity contribution in [3.63, 3.8) is 0 Å². The zero-order chi connectivity index (χ0) is 18.8. The number of amides is 2. The standard InChI is InChI=1S/C20H24N2O4/c23-17(19(25)21-13-11-15-7-3-1-4-8-15)18(24)20(26)22-14-12-16-9-5-2-6-10-16/h1-10,17-18,23-24H,11-14H2,(H,21,25)(H,22,26)/t17-,18-/m0/s1. The average molecular weight is 356 g/mol. The molecule has 0 saturated heterocycles. The highest BCUT2D eigenvalue weighted by Gasteiger charge is 2.29. The number of aliphatic hydroxyl groups excluding tert-OH is 2. The number of benzene rings is 2. The lowest BCUT2D eigenvalue weighted by atomic mass is 10.1. The molecule has 0 aliphatic heterocycles. The van der Waals surface area contributed by atoms with E-state index in [9.17, 15) is 19.8 Å². The van der Waals surface area contributed by atoms with Crippen LogP contribution in [0.2, 0.25) is 0 Å². The highest BCUT2D eigenvalue weighted by molar-refractivity contribution is 5.90. The lowest BCUT2D eigenvalue weighted by molar-refractivity contribution is -0.146. The molecule has 2 aromatic carbocycles. The maximum absolute atomic E-state index is 11.9. The molecule has 0 bridgehead atoms. The second-order valence-electron chi connectivity index (χ2n) is 5.94. The van der Waals surface area contributed by atoms with Gasteiger partial charge in [-0.1, -0.05) is 60.7 Å². The van der Waals surface area contributed by atoms with Gasteiger partial charge in [-0.25, -0.2) is 0 Å². The number of aliphatic hydroxyl groups is 2.